The van der Waals surface area contributed by atoms with Gasteiger partial charge in [0.05, 0.1) is 18.2 Å². The van der Waals surface area contributed by atoms with E-state index in [4.69, 9.17) is 10.00 Å². The van der Waals surface area contributed by atoms with E-state index in [1.165, 1.54) is 12.1 Å². The van der Waals surface area contributed by atoms with Crippen LogP contribution in [0.3, 0.4) is 0 Å². The van der Waals surface area contributed by atoms with Gasteiger partial charge in [0.2, 0.25) is 0 Å². The highest BCUT2D eigenvalue weighted by atomic mass is 19.4. The summed E-state index contributed by atoms with van der Waals surface area (Å²) >= 11 is 0. The number of halogens is 4. The molecule has 1 unspecified atom stereocenters. The monoisotopic (exact) mass is 392 g/mol. The zero-order chi connectivity index (χ0) is 20.4. The van der Waals surface area contributed by atoms with Gasteiger partial charge in [-0.15, -0.1) is 0 Å². The number of amides is 1. The van der Waals surface area contributed by atoms with Crippen molar-refractivity contribution in [2.24, 2.45) is 0 Å². The third-order valence-corrected chi connectivity index (χ3v) is 4.70. The summed E-state index contributed by atoms with van der Waals surface area (Å²) in [5.41, 5.74) is 1.71. The van der Waals surface area contributed by atoms with Crippen LogP contribution < -0.4 is 5.32 Å². The Balaban J connectivity index is 1.85. The molecule has 0 saturated carbocycles. The van der Waals surface area contributed by atoms with E-state index >= 15 is 0 Å². The van der Waals surface area contributed by atoms with Crippen LogP contribution in [0.5, 0.6) is 0 Å². The third kappa shape index (κ3) is 3.85. The molecule has 3 rings (SSSR count). The predicted molar refractivity (Wildman–Crippen MR) is 91.4 cm³/mol. The van der Waals surface area contributed by atoms with E-state index in [2.05, 4.69) is 6.07 Å². The van der Waals surface area contributed by atoms with Crippen molar-refractivity contribution in [1.82, 2.24) is 5.32 Å². The number of hydrogen-bond donors (Lipinski definition) is 1. The van der Waals surface area contributed by atoms with Gasteiger partial charge in [-0.25, -0.2) is 4.39 Å². The first kappa shape index (κ1) is 19.8. The molecule has 0 fully saturated rings. The lowest BCUT2D eigenvalue weighted by molar-refractivity contribution is -0.173. The first-order valence-corrected chi connectivity index (χ1v) is 8.55. The number of nitrogens with one attached hydrogen (secondary N) is 1. The van der Waals surface area contributed by atoms with E-state index in [1.807, 2.05) is 5.32 Å². The molecular formula is C20H16F4N2O2. The first-order chi connectivity index (χ1) is 13.3. The number of fused-ring (bicyclic) bond motifs is 1. The van der Waals surface area contributed by atoms with Crippen molar-refractivity contribution < 1.29 is 27.1 Å². The van der Waals surface area contributed by atoms with Crippen LogP contribution in [-0.2, 0) is 21.7 Å². The fourth-order valence-corrected chi connectivity index (χ4v) is 3.40. The number of nitrogens with zero attached hydrogens (tertiary/aromatic N) is 1. The zero-order valence-corrected chi connectivity index (χ0v) is 14.6. The van der Waals surface area contributed by atoms with E-state index in [1.54, 1.807) is 30.3 Å². The molecule has 0 bridgehead atoms. The zero-order valence-electron chi connectivity index (χ0n) is 14.6. The molecule has 1 heterocycles. The molecule has 1 amide bonds. The summed E-state index contributed by atoms with van der Waals surface area (Å²) in [5.74, 6) is -2.41. The smallest absolute Gasteiger partial charge is 0.361 e. The fraction of sp³-hybridized carbons (Fsp3) is 0.300. The summed E-state index contributed by atoms with van der Waals surface area (Å²) in [7, 11) is 0. The largest absolute Gasteiger partial charge is 0.471 e. The second-order valence-corrected chi connectivity index (χ2v) is 6.46. The van der Waals surface area contributed by atoms with Crippen LogP contribution in [0.1, 0.15) is 35.1 Å². The van der Waals surface area contributed by atoms with Crippen molar-refractivity contribution in [2.45, 2.75) is 31.2 Å². The molecule has 0 aromatic heterocycles. The van der Waals surface area contributed by atoms with Crippen LogP contribution in [0.15, 0.2) is 42.5 Å². The fourth-order valence-electron chi connectivity index (χ4n) is 3.40. The summed E-state index contributed by atoms with van der Waals surface area (Å²) in [5, 5.41) is 10.9. The average molecular weight is 392 g/mol. The maximum Gasteiger partial charge on any atom is 0.471 e. The van der Waals surface area contributed by atoms with Gasteiger partial charge in [-0.1, -0.05) is 18.2 Å². The van der Waals surface area contributed by atoms with Crippen molar-refractivity contribution in [3.05, 3.63) is 70.5 Å². The summed E-state index contributed by atoms with van der Waals surface area (Å²) in [6, 6.07) is 12.8. The van der Waals surface area contributed by atoms with Crippen LogP contribution in [-0.4, -0.2) is 18.6 Å². The third-order valence-electron chi connectivity index (χ3n) is 4.70. The summed E-state index contributed by atoms with van der Waals surface area (Å²) in [4.78, 5) is 11.0. The summed E-state index contributed by atoms with van der Waals surface area (Å²) in [6.45, 7) is 0.0351. The number of ether oxygens (including phenoxy) is 1. The molecular weight excluding hydrogens is 376 g/mol. The summed E-state index contributed by atoms with van der Waals surface area (Å²) in [6.07, 6.45) is -4.45. The second-order valence-electron chi connectivity index (χ2n) is 6.46. The Kier molecular flexibility index (Phi) is 5.38. The lowest BCUT2D eigenvalue weighted by Crippen LogP contribution is -2.38. The minimum Gasteiger partial charge on any atom is -0.361 e. The molecule has 0 aliphatic carbocycles. The van der Waals surface area contributed by atoms with Crippen LogP contribution in [0.2, 0.25) is 0 Å². The topological polar surface area (TPSA) is 62.1 Å². The number of alkyl halides is 3. The van der Waals surface area contributed by atoms with Gasteiger partial charge in [0, 0.05) is 6.54 Å². The highest BCUT2D eigenvalue weighted by Gasteiger charge is 2.42. The molecule has 0 saturated heterocycles. The van der Waals surface area contributed by atoms with Crippen LogP contribution in [0, 0.1) is 17.1 Å². The number of carbonyl (C=O) groups is 1. The van der Waals surface area contributed by atoms with E-state index in [0.29, 0.717) is 11.1 Å². The number of rotatable bonds is 5. The predicted octanol–water partition coefficient (Wildman–Crippen LogP) is 3.93. The summed E-state index contributed by atoms with van der Waals surface area (Å²) < 4.78 is 56.4. The lowest BCUT2D eigenvalue weighted by atomic mass is 9.81. The Morgan fingerprint density at radius 1 is 1.21 bits per heavy atom. The van der Waals surface area contributed by atoms with Crippen molar-refractivity contribution >= 4 is 5.91 Å². The molecule has 28 heavy (non-hydrogen) atoms. The van der Waals surface area contributed by atoms with Crippen LogP contribution >= 0.6 is 0 Å². The van der Waals surface area contributed by atoms with Gasteiger partial charge in [0.1, 0.15) is 11.4 Å². The Hall–Kier alpha value is -2.92. The number of benzene rings is 2. The molecule has 2 aromatic carbocycles. The highest BCUT2D eigenvalue weighted by Crippen LogP contribution is 2.45. The van der Waals surface area contributed by atoms with E-state index in [0.717, 1.165) is 11.1 Å². The van der Waals surface area contributed by atoms with Crippen LogP contribution in [0.25, 0.3) is 0 Å². The van der Waals surface area contributed by atoms with E-state index in [9.17, 15) is 22.4 Å². The molecule has 8 heteroatoms. The molecule has 4 nitrogen and oxygen atoms in total. The first-order valence-electron chi connectivity index (χ1n) is 8.55. The maximum atomic E-state index is 13.4. The minimum absolute atomic E-state index is 0.184. The average Bonchev–Trinajstić information content (AvgIpc) is 3.03. The molecule has 0 radical (unpaired) electrons. The number of nitriles is 1. The van der Waals surface area contributed by atoms with Gasteiger partial charge >= 0.3 is 12.1 Å². The SMILES string of the molecule is N#Cc1ccc2c(c1)COC2(CCCNC(=O)C(F)(F)F)c1ccc(F)cc1. The number of carbonyl (C=O) groups excluding carboxylic acids is 1. The van der Waals surface area contributed by atoms with Gasteiger partial charge in [-0.05, 0) is 53.8 Å². The molecule has 146 valence electrons. The van der Waals surface area contributed by atoms with Gasteiger partial charge in [-0.3, -0.25) is 4.79 Å². The van der Waals surface area contributed by atoms with Crippen LogP contribution in [0.4, 0.5) is 17.6 Å². The van der Waals surface area contributed by atoms with Crippen molar-refractivity contribution in [2.75, 3.05) is 6.54 Å². The van der Waals surface area contributed by atoms with Gasteiger partial charge in [0.25, 0.3) is 0 Å². The van der Waals surface area contributed by atoms with E-state index < -0.39 is 23.5 Å². The van der Waals surface area contributed by atoms with Gasteiger partial charge < -0.3 is 10.1 Å². The van der Waals surface area contributed by atoms with Gasteiger partial charge in [-0.2, -0.15) is 18.4 Å². The molecule has 1 N–H and O–H groups in total. The standard InChI is InChI=1S/C20H16F4N2O2/c21-16-5-3-15(4-6-16)19(8-1-9-26-18(27)20(22,23)24)17-7-2-13(11-25)10-14(17)12-28-19/h2-7,10H,1,8-9,12H2,(H,26,27). The van der Waals surface area contributed by atoms with Crippen molar-refractivity contribution in [3.63, 3.8) is 0 Å². The molecule has 2 aromatic rings. The Morgan fingerprint density at radius 3 is 2.57 bits per heavy atom. The van der Waals surface area contributed by atoms with E-state index in [-0.39, 0.29) is 26.0 Å². The molecule has 1 aliphatic heterocycles. The highest BCUT2D eigenvalue weighted by molar-refractivity contribution is 5.81. The maximum absolute atomic E-state index is 13.4. The Bertz CT molecular complexity index is 919. The molecule has 1 aliphatic rings. The number of hydrogen-bond acceptors (Lipinski definition) is 3. The van der Waals surface area contributed by atoms with Crippen molar-refractivity contribution in [1.29, 1.82) is 5.26 Å². The second kappa shape index (κ2) is 7.60. The van der Waals surface area contributed by atoms with Gasteiger partial charge in [0.15, 0.2) is 0 Å². The Labute approximate surface area is 158 Å². The molecule has 0 spiro atoms. The minimum atomic E-state index is -4.93. The quantitative estimate of drug-likeness (QED) is 0.620. The lowest BCUT2D eigenvalue weighted by Gasteiger charge is -2.30. The normalized spacial score (nSPS) is 18.4. The Morgan fingerprint density at radius 2 is 1.93 bits per heavy atom. The van der Waals surface area contributed by atoms with Crippen molar-refractivity contribution in [3.8, 4) is 6.07 Å². The molecule has 1 atom stereocenters.